The summed E-state index contributed by atoms with van der Waals surface area (Å²) in [5.41, 5.74) is 1.55. The molecule has 0 unspecified atom stereocenters. The monoisotopic (exact) mass is 317 g/mol. The van der Waals surface area contributed by atoms with E-state index in [0.717, 1.165) is 5.56 Å². The van der Waals surface area contributed by atoms with Gasteiger partial charge in [0.1, 0.15) is 0 Å². The zero-order valence-corrected chi connectivity index (χ0v) is 12.9. The fraction of sp³-hybridized carbons (Fsp3) is 0.188. The molecular weight excluding hydrogens is 302 g/mol. The van der Waals surface area contributed by atoms with Crippen LogP contribution < -0.4 is 5.32 Å². The molecular formula is C16H16ClN3O2. The molecule has 1 aromatic carbocycles. The highest BCUT2D eigenvalue weighted by Gasteiger charge is 2.18. The summed E-state index contributed by atoms with van der Waals surface area (Å²) in [4.78, 5) is 29.3. The van der Waals surface area contributed by atoms with Gasteiger partial charge in [0.25, 0.3) is 0 Å². The highest BCUT2D eigenvalue weighted by molar-refractivity contribution is 6.39. The Balaban J connectivity index is 1.88. The number of hydrogen-bond acceptors (Lipinski definition) is 3. The van der Waals surface area contributed by atoms with E-state index in [2.05, 4.69) is 10.3 Å². The molecule has 0 spiro atoms. The number of hydrogen-bond donors (Lipinski definition) is 1. The van der Waals surface area contributed by atoms with Crippen LogP contribution in [0.25, 0.3) is 0 Å². The van der Waals surface area contributed by atoms with Gasteiger partial charge < -0.3 is 10.2 Å². The fourth-order valence-corrected chi connectivity index (χ4v) is 2.06. The molecule has 0 atom stereocenters. The van der Waals surface area contributed by atoms with Crippen LogP contribution in [0.15, 0.2) is 48.8 Å². The summed E-state index contributed by atoms with van der Waals surface area (Å²) in [6.07, 6.45) is 4.06. The van der Waals surface area contributed by atoms with E-state index in [4.69, 9.17) is 11.6 Å². The molecule has 0 radical (unpaired) electrons. The van der Waals surface area contributed by atoms with Crippen molar-refractivity contribution in [3.63, 3.8) is 0 Å². The number of nitrogens with one attached hydrogen (secondary N) is 1. The van der Waals surface area contributed by atoms with E-state index in [1.165, 1.54) is 4.90 Å². The molecule has 0 saturated heterocycles. The molecule has 2 aromatic rings. The highest BCUT2D eigenvalue weighted by Crippen LogP contribution is 2.14. The number of carbonyl (C=O) groups is 2. The molecule has 1 heterocycles. The van der Waals surface area contributed by atoms with Crippen molar-refractivity contribution in [3.8, 4) is 0 Å². The predicted molar refractivity (Wildman–Crippen MR) is 85.7 cm³/mol. The van der Waals surface area contributed by atoms with Gasteiger partial charge in [-0.2, -0.15) is 0 Å². The molecule has 0 bridgehead atoms. The summed E-state index contributed by atoms with van der Waals surface area (Å²) >= 11 is 5.84. The first kappa shape index (κ1) is 16.0. The van der Waals surface area contributed by atoms with Crippen LogP contribution in [0.1, 0.15) is 5.56 Å². The van der Waals surface area contributed by atoms with Crippen LogP contribution in [-0.4, -0.2) is 35.3 Å². The van der Waals surface area contributed by atoms with Crippen molar-refractivity contribution in [1.82, 2.24) is 9.88 Å². The van der Waals surface area contributed by atoms with Crippen molar-refractivity contribution in [2.75, 3.05) is 18.9 Å². The molecule has 1 N–H and O–H groups in total. The molecule has 0 saturated carbocycles. The highest BCUT2D eigenvalue weighted by atomic mass is 35.5. The molecule has 6 heteroatoms. The Hall–Kier alpha value is -2.40. The number of aromatic nitrogens is 1. The Morgan fingerprint density at radius 2 is 1.95 bits per heavy atom. The number of pyridine rings is 1. The van der Waals surface area contributed by atoms with Crippen LogP contribution in [0.3, 0.4) is 0 Å². The molecule has 0 aliphatic rings. The first-order valence-electron chi connectivity index (χ1n) is 6.77. The van der Waals surface area contributed by atoms with Crippen LogP contribution in [0.5, 0.6) is 0 Å². The third kappa shape index (κ3) is 4.56. The number of carbonyl (C=O) groups excluding carboxylic acids is 2. The minimum absolute atomic E-state index is 0.450. The lowest BCUT2D eigenvalue weighted by Crippen LogP contribution is -2.38. The summed E-state index contributed by atoms with van der Waals surface area (Å²) in [5.74, 6) is -1.27. The Labute approximate surface area is 133 Å². The van der Waals surface area contributed by atoms with Crippen molar-refractivity contribution >= 4 is 29.1 Å². The molecule has 114 valence electrons. The normalized spacial score (nSPS) is 10.1. The van der Waals surface area contributed by atoms with Crippen LogP contribution in [0.2, 0.25) is 5.02 Å². The van der Waals surface area contributed by atoms with Gasteiger partial charge in [-0.15, -0.1) is 0 Å². The number of anilines is 1. The average Bonchev–Trinajstić information content (AvgIpc) is 2.53. The molecule has 0 aliphatic heterocycles. The molecule has 0 aliphatic carbocycles. The summed E-state index contributed by atoms with van der Waals surface area (Å²) in [6, 6.07) is 10.4. The molecule has 22 heavy (non-hydrogen) atoms. The number of nitrogens with zero attached hydrogens (tertiary/aromatic N) is 2. The number of amides is 2. The van der Waals surface area contributed by atoms with Crippen molar-refractivity contribution < 1.29 is 9.59 Å². The van der Waals surface area contributed by atoms with Crippen molar-refractivity contribution in [3.05, 3.63) is 59.4 Å². The van der Waals surface area contributed by atoms with Gasteiger partial charge in [-0.25, -0.2) is 0 Å². The topological polar surface area (TPSA) is 62.3 Å². The lowest BCUT2D eigenvalue weighted by atomic mass is 10.2. The third-order valence-electron chi connectivity index (χ3n) is 3.11. The second kappa shape index (κ2) is 7.56. The smallest absolute Gasteiger partial charge is 0.313 e. The van der Waals surface area contributed by atoms with Gasteiger partial charge in [-0.1, -0.05) is 17.7 Å². The summed E-state index contributed by atoms with van der Waals surface area (Å²) < 4.78 is 0. The van der Waals surface area contributed by atoms with Gasteiger partial charge in [0.05, 0.1) is 0 Å². The Bertz CT molecular complexity index is 661. The lowest BCUT2D eigenvalue weighted by Gasteiger charge is -2.16. The summed E-state index contributed by atoms with van der Waals surface area (Å²) in [7, 11) is 1.60. The minimum atomic E-state index is -0.681. The quantitative estimate of drug-likeness (QED) is 0.881. The van der Waals surface area contributed by atoms with E-state index in [-0.39, 0.29) is 0 Å². The second-order valence-corrected chi connectivity index (χ2v) is 5.23. The number of likely N-dealkylation sites (N-methyl/N-ethyl adjacent to an activating group) is 1. The van der Waals surface area contributed by atoms with E-state index in [9.17, 15) is 9.59 Å². The maximum Gasteiger partial charge on any atom is 0.313 e. The van der Waals surface area contributed by atoms with Gasteiger partial charge >= 0.3 is 11.8 Å². The zero-order valence-electron chi connectivity index (χ0n) is 12.1. The van der Waals surface area contributed by atoms with Gasteiger partial charge in [0.15, 0.2) is 0 Å². The first-order valence-corrected chi connectivity index (χ1v) is 7.15. The Kier molecular flexibility index (Phi) is 5.49. The van der Waals surface area contributed by atoms with Crippen molar-refractivity contribution in [2.45, 2.75) is 6.42 Å². The van der Waals surface area contributed by atoms with Gasteiger partial charge in [-0.3, -0.25) is 14.6 Å². The van der Waals surface area contributed by atoms with Crippen LogP contribution >= 0.6 is 11.6 Å². The Morgan fingerprint density at radius 1 is 1.23 bits per heavy atom. The maximum atomic E-state index is 12.0. The number of rotatable bonds is 4. The molecule has 2 amide bonds. The van der Waals surface area contributed by atoms with E-state index >= 15 is 0 Å². The van der Waals surface area contributed by atoms with Gasteiger partial charge in [0.2, 0.25) is 0 Å². The third-order valence-corrected chi connectivity index (χ3v) is 3.34. The van der Waals surface area contributed by atoms with E-state index < -0.39 is 11.8 Å². The molecule has 2 rings (SSSR count). The SMILES string of the molecule is CN(CCc1ccncc1)C(=O)C(=O)Nc1cccc(Cl)c1. The average molecular weight is 318 g/mol. The maximum absolute atomic E-state index is 12.0. The fourth-order valence-electron chi connectivity index (χ4n) is 1.87. The van der Waals surface area contributed by atoms with Crippen LogP contribution in [0.4, 0.5) is 5.69 Å². The number of benzene rings is 1. The van der Waals surface area contributed by atoms with Crippen molar-refractivity contribution in [1.29, 1.82) is 0 Å². The van der Waals surface area contributed by atoms with E-state index in [1.54, 1.807) is 43.7 Å². The first-order chi connectivity index (χ1) is 10.6. The van der Waals surface area contributed by atoms with E-state index in [0.29, 0.717) is 23.7 Å². The Morgan fingerprint density at radius 3 is 2.64 bits per heavy atom. The zero-order chi connectivity index (χ0) is 15.9. The van der Waals surface area contributed by atoms with Crippen molar-refractivity contribution in [2.24, 2.45) is 0 Å². The minimum Gasteiger partial charge on any atom is -0.337 e. The van der Waals surface area contributed by atoms with Gasteiger partial charge in [-0.05, 0) is 42.3 Å². The van der Waals surface area contributed by atoms with Crippen LogP contribution in [-0.2, 0) is 16.0 Å². The van der Waals surface area contributed by atoms with E-state index in [1.807, 2.05) is 12.1 Å². The largest absolute Gasteiger partial charge is 0.337 e. The number of halogens is 1. The predicted octanol–water partition coefficient (Wildman–Crippen LogP) is 2.37. The van der Waals surface area contributed by atoms with Gasteiger partial charge in [0, 0.05) is 36.7 Å². The van der Waals surface area contributed by atoms with Crippen LogP contribution in [0, 0.1) is 0 Å². The second-order valence-electron chi connectivity index (χ2n) is 4.80. The summed E-state index contributed by atoms with van der Waals surface area (Å²) in [5, 5.41) is 3.03. The molecule has 5 nitrogen and oxygen atoms in total. The lowest BCUT2D eigenvalue weighted by molar-refractivity contribution is -0.142. The molecule has 1 aromatic heterocycles. The molecule has 0 fully saturated rings. The summed E-state index contributed by atoms with van der Waals surface area (Å²) in [6.45, 7) is 0.450. The standard InChI is InChI=1S/C16H16ClN3O2/c1-20(10-7-12-5-8-18-9-6-12)16(22)15(21)19-14-4-2-3-13(17)11-14/h2-6,8-9,11H,7,10H2,1H3,(H,19,21).